The zero-order chi connectivity index (χ0) is 20.1. The van der Waals surface area contributed by atoms with E-state index in [1.165, 1.54) is 70.6 Å². The summed E-state index contributed by atoms with van der Waals surface area (Å²) in [6, 6.07) is 0. The first-order valence-electron chi connectivity index (χ1n) is 11.5. The summed E-state index contributed by atoms with van der Waals surface area (Å²) < 4.78 is 15.4. The zero-order valence-corrected chi connectivity index (χ0v) is 18.8. The normalized spacial score (nSPS) is 20.5. The SMILES string of the molecule is CCCCC/C=C\C/C=C\CCCCCCCCOC[C@H]1CO1.ClC[C@@H]1CO1. The molecule has 0 aliphatic carbocycles. The molecular weight excluding hydrogens is 372 g/mol. The predicted octanol–water partition coefficient (Wildman–Crippen LogP) is 6.84. The van der Waals surface area contributed by atoms with Crippen molar-refractivity contribution in [1.29, 1.82) is 0 Å². The van der Waals surface area contributed by atoms with Gasteiger partial charge in [0.1, 0.15) is 6.10 Å². The Balaban J connectivity index is 0.000000674. The molecule has 2 aliphatic rings. The lowest BCUT2D eigenvalue weighted by Crippen LogP contribution is -2.02. The average Bonchev–Trinajstić information content (AvgIpc) is 3.62. The van der Waals surface area contributed by atoms with E-state index in [1.807, 2.05) is 0 Å². The molecule has 2 heterocycles. The Bertz CT molecular complexity index is 376. The van der Waals surface area contributed by atoms with Crippen molar-refractivity contribution in [3.63, 3.8) is 0 Å². The Morgan fingerprint density at radius 1 is 0.786 bits per heavy atom. The fourth-order valence-electron chi connectivity index (χ4n) is 2.73. The number of unbranched alkanes of at least 4 members (excludes halogenated alkanes) is 9. The molecule has 2 rings (SSSR count). The van der Waals surface area contributed by atoms with Crippen molar-refractivity contribution >= 4 is 11.6 Å². The number of halogens is 1. The quantitative estimate of drug-likeness (QED) is 0.106. The molecule has 2 fully saturated rings. The van der Waals surface area contributed by atoms with Gasteiger partial charge in [0.2, 0.25) is 0 Å². The average molecular weight is 415 g/mol. The molecule has 3 nitrogen and oxygen atoms in total. The van der Waals surface area contributed by atoms with Crippen LogP contribution >= 0.6 is 11.6 Å². The molecule has 0 aromatic heterocycles. The first-order chi connectivity index (χ1) is 13.9. The molecule has 0 spiro atoms. The van der Waals surface area contributed by atoms with Crippen LogP contribution < -0.4 is 0 Å². The molecule has 0 aromatic rings. The van der Waals surface area contributed by atoms with Crippen LogP contribution in [0.25, 0.3) is 0 Å². The highest BCUT2D eigenvalue weighted by molar-refractivity contribution is 6.18. The third-order valence-electron chi connectivity index (χ3n) is 4.77. The van der Waals surface area contributed by atoms with Gasteiger partial charge in [0.25, 0.3) is 0 Å². The summed E-state index contributed by atoms with van der Waals surface area (Å²) >= 11 is 5.27. The molecule has 2 aliphatic heterocycles. The molecule has 2 atom stereocenters. The molecule has 164 valence electrons. The fraction of sp³-hybridized carbons (Fsp3) is 0.833. The van der Waals surface area contributed by atoms with Crippen LogP contribution in [-0.4, -0.2) is 44.5 Å². The molecule has 0 unspecified atom stereocenters. The molecule has 2 saturated heterocycles. The standard InChI is InChI=1S/C21H38O2.C3H5ClO/c1-2-3-4-5-6-7-8-9-10-11-12-13-14-15-16-17-18-22-19-21-20-23-21;4-1-3-2-5-3/h6-7,9-10,21H,2-5,8,11-20H2,1H3;3H,1-2H2/b7-6-,10-9-;/t21-;3-/m01/s1. The first kappa shape index (κ1) is 25.7. The Morgan fingerprint density at radius 3 is 1.89 bits per heavy atom. The van der Waals surface area contributed by atoms with Crippen LogP contribution in [0.3, 0.4) is 0 Å². The molecule has 4 heteroatoms. The largest absolute Gasteiger partial charge is 0.379 e. The lowest BCUT2D eigenvalue weighted by atomic mass is 10.1. The van der Waals surface area contributed by atoms with Gasteiger partial charge in [-0.05, 0) is 38.5 Å². The van der Waals surface area contributed by atoms with Crippen LogP contribution in [0.5, 0.6) is 0 Å². The second kappa shape index (κ2) is 19.9. The Morgan fingerprint density at radius 2 is 1.36 bits per heavy atom. The fourth-order valence-corrected chi connectivity index (χ4v) is 2.91. The minimum absolute atomic E-state index is 0.400. The number of rotatable bonds is 18. The number of hydrogen-bond acceptors (Lipinski definition) is 3. The van der Waals surface area contributed by atoms with E-state index in [4.69, 9.17) is 25.8 Å². The van der Waals surface area contributed by atoms with E-state index in [1.54, 1.807) is 0 Å². The van der Waals surface area contributed by atoms with Gasteiger partial charge in [-0.3, -0.25) is 0 Å². The van der Waals surface area contributed by atoms with E-state index >= 15 is 0 Å². The van der Waals surface area contributed by atoms with Crippen LogP contribution in [0.4, 0.5) is 0 Å². The molecule has 0 radical (unpaired) electrons. The lowest BCUT2D eigenvalue weighted by molar-refractivity contribution is 0.113. The molecular formula is C24H43ClO3. The Labute approximate surface area is 178 Å². The summed E-state index contributed by atoms with van der Waals surface area (Å²) in [6.07, 6.45) is 25.7. The maximum Gasteiger partial charge on any atom is 0.104 e. The van der Waals surface area contributed by atoms with Gasteiger partial charge in [0.15, 0.2) is 0 Å². The van der Waals surface area contributed by atoms with Crippen LogP contribution in [0.15, 0.2) is 24.3 Å². The van der Waals surface area contributed by atoms with Crippen molar-refractivity contribution in [3.8, 4) is 0 Å². The highest BCUT2D eigenvalue weighted by Crippen LogP contribution is 2.11. The smallest absolute Gasteiger partial charge is 0.104 e. The van der Waals surface area contributed by atoms with Crippen LogP contribution in [0, 0.1) is 0 Å². The van der Waals surface area contributed by atoms with Crippen LogP contribution in [0.2, 0.25) is 0 Å². The molecule has 28 heavy (non-hydrogen) atoms. The second-order valence-electron chi connectivity index (χ2n) is 7.72. The van der Waals surface area contributed by atoms with Crippen molar-refractivity contribution in [2.24, 2.45) is 0 Å². The van der Waals surface area contributed by atoms with E-state index in [2.05, 4.69) is 31.2 Å². The summed E-state index contributed by atoms with van der Waals surface area (Å²) in [5, 5.41) is 0. The third kappa shape index (κ3) is 20.4. The topological polar surface area (TPSA) is 34.3 Å². The van der Waals surface area contributed by atoms with Gasteiger partial charge in [-0.1, -0.05) is 69.8 Å². The van der Waals surface area contributed by atoms with Crippen molar-refractivity contribution in [3.05, 3.63) is 24.3 Å². The maximum absolute atomic E-state index is 5.54. The van der Waals surface area contributed by atoms with Gasteiger partial charge in [0.05, 0.1) is 31.8 Å². The summed E-state index contributed by atoms with van der Waals surface area (Å²) in [4.78, 5) is 0. The highest BCUT2D eigenvalue weighted by atomic mass is 35.5. The van der Waals surface area contributed by atoms with Gasteiger partial charge < -0.3 is 14.2 Å². The molecule has 0 bridgehead atoms. The summed E-state index contributed by atoms with van der Waals surface area (Å²) in [7, 11) is 0. The van der Waals surface area contributed by atoms with Gasteiger partial charge in [-0.15, -0.1) is 11.6 Å². The molecule has 0 N–H and O–H groups in total. The number of hydrogen-bond donors (Lipinski definition) is 0. The monoisotopic (exact) mass is 414 g/mol. The predicted molar refractivity (Wildman–Crippen MR) is 120 cm³/mol. The van der Waals surface area contributed by atoms with E-state index in [-0.39, 0.29) is 0 Å². The van der Waals surface area contributed by atoms with Crippen LogP contribution in [0.1, 0.15) is 84.0 Å². The number of ether oxygens (including phenoxy) is 3. The van der Waals surface area contributed by atoms with Gasteiger partial charge in [-0.25, -0.2) is 0 Å². The van der Waals surface area contributed by atoms with Crippen molar-refractivity contribution in [2.45, 2.75) is 96.2 Å². The highest BCUT2D eigenvalue weighted by Gasteiger charge is 2.21. The van der Waals surface area contributed by atoms with E-state index in [0.717, 1.165) is 32.8 Å². The number of alkyl halides is 1. The Hall–Kier alpha value is -0.350. The zero-order valence-electron chi connectivity index (χ0n) is 18.1. The summed E-state index contributed by atoms with van der Waals surface area (Å²) in [6.45, 7) is 5.76. The summed E-state index contributed by atoms with van der Waals surface area (Å²) in [5.74, 6) is 0.667. The minimum atomic E-state index is 0.400. The van der Waals surface area contributed by atoms with E-state index < -0.39 is 0 Å². The van der Waals surface area contributed by atoms with E-state index in [0.29, 0.717) is 18.1 Å². The maximum atomic E-state index is 5.54. The number of epoxide rings is 2. The summed E-state index contributed by atoms with van der Waals surface area (Å²) in [5.41, 5.74) is 0. The third-order valence-corrected chi connectivity index (χ3v) is 5.11. The van der Waals surface area contributed by atoms with Crippen molar-refractivity contribution < 1.29 is 14.2 Å². The first-order valence-corrected chi connectivity index (χ1v) is 12.1. The Kier molecular flexibility index (Phi) is 18.3. The molecule has 0 aromatic carbocycles. The van der Waals surface area contributed by atoms with Crippen LogP contribution in [-0.2, 0) is 14.2 Å². The lowest BCUT2D eigenvalue weighted by Gasteiger charge is -2.02. The van der Waals surface area contributed by atoms with Crippen molar-refractivity contribution in [2.75, 3.05) is 32.3 Å². The molecule has 0 saturated carbocycles. The van der Waals surface area contributed by atoms with Crippen molar-refractivity contribution in [1.82, 2.24) is 0 Å². The number of allylic oxidation sites excluding steroid dienone is 4. The van der Waals surface area contributed by atoms with Gasteiger partial charge >= 0.3 is 0 Å². The van der Waals surface area contributed by atoms with Gasteiger partial charge in [-0.2, -0.15) is 0 Å². The second-order valence-corrected chi connectivity index (χ2v) is 8.03. The van der Waals surface area contributed by atoms with E-state index in [9.17, 15) is 0 Å². The van der Waals surface area contributed by atoms with Gasteiger partial charge in [0, 0.05) is 6.61 Å². The molecule has 0 amide bonds. The minimum Gasteiger partial charge on any atom is -0.379 e.